The fraction of sp³-hybridized carbons (Fsp3) is 0.261. The topological polar surface area (TPSA) is 66.9 Å². The van der Waals surface area contributed by atoms with Gasteiger partial charge in [0, 0.05) is 24.6 Å². The highest BCUT2D eigenvalue weighted by Crippen LogP contribution is 2.25. The first kappa shape index (κ1) is 19.5. The third-order valence-electron chi connectivity index (χ3n) is 4.69. The molecule has 1 heterocycles. The van der Waals surface area contributed by atoms with E-state index in [9.17, 15) is 4.79 Å². The van der Waals surface area contributed by atoms with E-state index in [1.807, 2.05) is 25.1 Å². The predicted octanol–water partition coefficient (Wildman–Crippen LogP) is 4.58. The Hall–Kier alpha value is -3.21. The Bertz CT molecular complexity index is 929. The van der Waals surface area contributed by atoms with Crippen molar-refractivity contribution in [3.05, 3.63) is 82.7 Å². The largest absolute Gasteiger partial charge is 0.348 e. The van der Waals surface area contributed by atoms with Crippen LogP contribution in [0.3, 0.4) is 0 Å². The van der Waals surface area contributed by atoms with E-state index in [0.717, 1.165) is 24.1 Å². The van der Waals surface area contributed by atoms with Gasteiger partial charge >= 0.3 is 0 Å². The van der Waals surface area contributed by atoms with Crippen LogP contribution in [0.2, 0.25) is 0 Å². The van der Waals surface area contributed by atoms with Crippen LogP contribution < -0.4 is 10.6 Å². The number of benzene rings is 2. The van der Waals surface area contributed by atoms with E-state index in [-0.39, 0.29) is 5.91 Å². The molecule has 0 saturated heterocycles. The van der Waals surface area contributed by atoms with Crippen LogP contribution in [0.5, 0.6) is 0 Å². The summed E-state index contributed by atoms with van der Waals surface area (Å²) in [5.41, 5.74) is 6.19. The molecule has 0 bridgehead atoms. The van der Waals surface area contributed by atoms with E-state index < -0.39 is 0 Å². The highest BCUT2D eigenvalue weighted by molar-refractivity contribution is 5.93. The van der Waals surface area contributed by atoms with E-state index in [4.69, 9.17) is 0 Å². The standard InChI is InChI=1S/C23H26N4O/c1-4-18-10-7-11-19(5-2)21(18)27-23-25-14-20(15-26-23)22(28)24-13-17-9-6-8-16(3)12-17/h6-12,14-15H,4-5,13H2,1-3H3,(H,24,28)(H,25,26,27). The van der Waals surface area contributed by atoms with Crippen LogP contribution in [0, 0.1) is 6.92 Å². The lowest BCUT2D eigenvalue weighted by Gasteiger charge is -2.14. The van der Waals surface area contributed by atoms with E-state index in [1.54, 1.807) is 12.4 Å². The van der Waals surface area contributed by atoms with Crippen LogP contribution in [0.4, 0.5) is 11.6 Å². The lowest BCUT2D eigenvalue weighted by atomic mass is 10.0. The molecule has 0 saturated carbocycles. The van der Waals surface area contributed by atoms with Crippen molar-refractivity contribution < 1.29 is 4.79 Å². The van der Waals surface area contributed by atoms with Gasteiger partial charge in [0.15, 0.2) is 0 Å². The van der Waals surface area contributed by atoms with Crippen molar-refractivity contribution >= 4 is 17.5 Å². The molecule has 0 unspecified atom stereocenters. The van der Waals surface area contributed by atoms with Crippen molar-refractivity contribution in [2.45, 2.75) is 40.2 Å². The maximum Gasteiger partial charge on any atom is 0.254 e. The number of carbonyl (C=O) groups is 1. The number of para-hydroxylation sites is 1. The average Bonchev–Trinajstić information content (AvgIpc) is 2.72. The van der Waals surface area contributed by atoms with Gasteiger partial charge in [-0.15, -0.1) is 0 Å². The first-order valence-corrected chi connectivity index (χ1v) is 9.64. The quantitative estimate of drug-likeness (QED) is 0.635. The van der Waals surface area contributed by atoms with Gasteiger partial charge in [-0.2, -0.15) is 0 Å². The molecule has 0 atom stereocenters. The normalized spacial score (nSPS) is 10.5. The minimum Gasteiger partial charge on any atom is -0.348 e. The third kappa shape index (κ3) is 4.74. The monoisotopic (exact) mass is 374 g/mol. The van der Waals surface area contributed by atoms with Crippen molar-refractivity contribution in [1.29, 1.82) is 0 Å². The van der Waals surface area contributed by atoms with Gasteiger partial charge in [-0.05, 0) is 36.5 Å². The fourth-order valence-electron chi connectivity index (χ4n) is 3.13. The molecule has 0 aliphatic carbocycles. The van der Waals surface area contributed by atoms with E-state index in [1.165, 1.54) is 16.7 Å². The summed E-state index contributed by atoms with van der Waals surface area (Å²) in [6.07, 6.45) is 4.97. The number of amides is 1. The van der Waals surface area contributed by atoms with Crippen molar-refractivity contribution in [2.24, 2.45) is 0 Å². The molecule has 0 spiro atoms. The van der Waals surface area contributed by atoms with Crippen molar-refractivity contribution in [3.63, 3.8) is 0 Å². The summed E-state index contributed by atoms with van der Waals surface area (Å²) in [5, 5.41) is 6.23. The number of hydrogen-bond acceptors (Lipinski definition) is 4. The van der Waals surface area contributed by atoms with Crippen LogP contribution >= 0.6 is 0 Å². The Morgan fingerprint density at radius 1 is 0.964 bits per heavy atom. The Balaban J connectivity index is 1.67. The number of carbonyl (C=O) groups excluding carboxylic acids is 1. The maximum atomic E-state index is 12.4. The molecule has 0 fully saturated rings. The first-order chi connectivity index (χ1) is 13.6. The van der Waals surface area contributed by atoms with E-state index in [0.29, 0.717) is 18.1 Å². The number of anilines is 2. The molecule has 1 amide bonds. The second kappa shape index (κ2) is 9.13. The molecule has 0 aliphatic heterocycles. The molecule has 0 radical (unpaired) electrons. The second-order valence-electron chi connectivity index (χ2n) is 6.75. The lowest BCUT2D eigenvalue weighted by Crippen LogP contribution is -2.23. The summed E-state index contributed by atoms with van der Waals surface area (Å²) in [6, 6.07) is 14.4. The van der Waals surface area contributed by atoms with Crippen LogP contribution in [-0.4, -0.2) is 15.9 Å². The SMILES string of the molecule is CCc1cccc(CC)c1Nc1ncc(C(=O)NCc2cccc(C)c2)cn1. The number of aryl methyl sites for hydroxylation is 3. The summed E-state index contributed by atoms with van der Waals surface area (Å²) in [7, 11) is 0. The van der Waals surface area contributed by atoms with Gasteiger partial charge in [0.2, 0.25) is 5.95 Å². The Kier molecular flexibility index (Phi) is 6.37. The summed E-state index contributed by atoms with van der Waals surface area (Å²) in [6.45, 7) is 6.76. The van der Waals surface area contributed by atoms with Gasteiger partial charge in [-0.1, -0.05) is 61.9 Å². The zero-order chi connectivity index (χ0) is 19.9. The smallest absolute Gasteiger partial charge is 0.254 e. The predicted molar refractivity (Wildman–Crippen MR) is 113 cm³/mol. The summed E-state index contributed by atoms with van der Waals surface area (Å²) < 4.78 is 0. The average molecular weight is 374 g/mol. The molecule has 1 aromatic heterocycles. The Labute approximate surface area is 166 Å². The lowest BCUT2D eigenvalue weighted by molar-refractivity contribution is 0.0950. The van der Waals surface area contributed by atoms with Gasteiger partial charge in [-0.25, -0.2) is 9.97 Å². The van der Waals surface area contributed by atoms with Gasteiger partial charge in [0.05, 0.1) is 5.56 Å². The Morgan fingerprint density at radius 2 is 1.61 bits per heavy atom. The van der Waals surface area contributed by atoms with E-state index >= 15 is 0 Å². The summed E-state index contributed by atoms with van der Waals surface area (Å²) in [5.74, 6) is 0.307. The molecule has 0 aliphatic rings. The minimum atomic E-state index is -0.184. The van der Waals surface area contributed by atoms with Crippen LogP contribution in [0.1, 0.15) is 46.5 Å². The molecule has 3 rings (SSSR count). The molecular weight excluding hydrogens is 348 g/mol. The summed E-state index contributed by atoms with van der Waals surface area (Å²) >= 11 is 0. The molecule has 144 valence electrons. The number of rotatable bonds is 7. The zero-order valence-corrected chi connectivity index (χ0v) is 16.6. The highest BCUT2D eigenvalue weighted by atomic mass is 16.1. The zero-order valence-electron chi connectivity index (χ0n) is 16.6. The van der Waals surface area contributed by atoms with Crippen LogP contribution in [0.15, 0.2) is 54.9 Å². The number of hydrogen-bond donors (Lipinski definition) is 2. The van der Waals surface area contributed by atoms with Crippen LogP contribution in [0.25, 0.3) is 0 Å². The van der Waals surface area contributed by atoms with Crippen LogP contribution in [-0.2, 0) is 19.4 Å². The highest BCUT2D eigenvalue weighted by Gasteiger charge is 2.10. The van der Waals surface area contributed by atoms with Gasteiger partial charge in [-0.3, -0.25) is 4.79 Å². The van der Waals surface area contributed by atoms with Crippen molar-refractivity contribution in [3.8, 4) is 0 Å². The molecule has 2 aromatic carbocycles. The molecule has 2 N–H and O–H groups in total. The molecule has 3 aromatic rings. The number of aromatic nitrogens is 2. The van der Waals surface area contributed by atoms with Gasteiger partial charge < -0.3 is 10.6 Å². The van der Waals surface area contributed by atoms with Gasteiger partial charge in [0.1, 0.15) is 0 Å². The Morgan fingerprint density at radius 3 is 2.21 bits per heavy atom. The summed E-state index contributed by atoms with van der Waals surface area (Å²) in [4.78, 5) is 21.0. The van der Waals surface area contributed by atoms with E-state index in [2.05, 4.69) is 58.7 Å². The number of nitrogens with one attached hydrogen (secondary N) is 2. The molecule has 5 heteroatoms. The molecular formula is C23H26N4O. The minimum absolute atomic E-state index is 0.184. The first-order valence-electron chi connectivity index (χ1n) is 9.64. The second-order valence-corrected chi connectivity index (χ2v) is 6.75. The maximum absolute atomic E-state index is 12.4. The molecule has 28 heavy (non-hydrogen) atoms. The van der Waals surface area contributed by atoms with Crippen molar-refractivity contribution in [2.75, 3.05) is 5.32 Å². The third-order valence-corrected chi connectivity index (χ3v) is 4.69. The molecule has 5 nitrogen and oxygen atoms in total. The van der Waals surface area contributed by atoms with Crippen molar-refractivity contribution in [1.82, 2.24) is 15.3 Å². The number of nitrogens with zero attached hydrogens (tertiary/aromatic N) is 2. The van der Waals surface area contributed by atoms with Gasteiger partial charge in [0.25, 0.3) is 5.91 Å². The fourth-order valence-corrected chi connectivity index (χ4v) is 3.13.